The highest BCUT2D eigenvalue weighted by Crippen LogP contribution is 2.25. The summed E-state index contributed by atoms with van der Waals surface area (Å²) >= 11 is 0. The summed E-state index contributed by atoms with van der Waals surface area (Å²) < 4.78 is 5.70. The zero-order valence-corrected chi connectivity index (χ0v) is 10.0. The van der Waals surface area contributed by atoms with Gasteiger partial charge in [0.1, 0.15) is 5.82 Å². The molecule has 3 aliphatic rings. The highest BCUT2D eigenvalue weighted by atomic mass is 16.5. The number of hydrogen-bond donors (Lipinski definition) is 1. The zero-order valence-electron chi connectivity index (χ0n) is 10.0. The van der Waals surface area contributed by atoms with Crippen LogP contribution in [0.15, 0.2) is 18.3 Å². The molecule has 3 fully saturated rings. The highest BCUT2D eigenvalue weighted by Gasteiger charge is 2.35. The van der Waals surface area contributed by atoms with Crippen molar-refractivity contribution in [3.63, 3.8) is 0 Å². The van der Waals surface area contributed by atoms with Gasteiger partial charge in [0.15, 0.2) is 0 Å². The van der Waals surface area contributed by atoms with Crippen LogP contribution < -0.4 is 10.6 Å². The van der Waals surface area contributed by atoms with Crippen molar-refractivity contribution in [3.8, 4) is 0 Å². The number of likely N-dealkylation sites (N-methyl/N-ethyl adjacent to an activating group) is 1. The number of piperazine rings is 1. The molecule has 0 aliphatic carbocycles. The molecule has 2 bridgehead atoms. The number of hydrogen-bond acceptors (Lipinski definition) is 5. The van der Waals surface area contributed by atoms with E-state index in [0.717, 1.165) is 32.0 Å². The summed E-state index contributed by atoms with van der Waals surface area (Å²) in [6.45, 7) is 3.68. The summed E-state index contributed by atoms with van der Waals surface area (Å²) in [5.74, 6) is 0.571. The number of pyridine rings is 1. The van der Waals surface area contributed by atoms with Gasteiger partial charge >= 0.3 is 0 Å². The van der Waals surface area contributed by atoms with Crippen LogP contribution in [-0.2, 0) is 4.74 Å². The van der Waals surface area contributed by atoms with Crippen molar-refractivity contribution < 1.29 is 4.74 Å². The third kappa shape index (κ3) is 1.96. The molecule has 4 heterocycles. The molecule has 3 aliphatic heterocycles. The van der Waals surface area contributed by atoms with E-state index in [2.05, 4.69) is 21.8 Å². The van der Waals surface area contributed by atoms with Crippen LogP contribution in [0, 0.1) is 0 Å². The lowest BCUT2D eigenvalue weighted by molar-refractivity contribution is 0.121. The normalized spacial score (nSPS) is 29.4. The van der Waals surface area contributed by atoms with Gasteiger partial charge in [-0.2, -0.15) is 0 Å². The monoisotopic (exact) mass is 234 g/mol. The standard InChI is InChI=1S/C12H18N4O/c1-15-5-11-8-17-7-10(15)6-16(11)9-2-3-12(13)14-4-9/h2-4,10-11H,5-8H2,1H3,(H2,13,14). The van der Waals surface area contributed by atoms with Crippen LogP contribution in [0.1, 0.15) is 0 Å². The van der Waals surface area contributed by atoms with E-state index in [0.29, 0.717) is 17.9 Å². The second kappa shape index (κ2) is 4.16. The maximum absolute atomic E-state index is 5.70. The van der Waals surface area contributed by atoms with Crippen LogP contribution >= 0.6 is 0 Å². The zero-order chi connectivity index (χ0) is 11.8. The fraction of sp³-hybridized carbons (Fsp3) is 0.583. The first-order valence-corrected chi connectivity index (χ1v) is 6.00. The molecule has 17 heavy (non-hydrogen) atoms. The smallest absolute Gasteiger partial charge is 0.123 e. The quantitative estimate of drug-likeness (QED) is 0.751. The average Bonchev–Trinajstić information content (AvgIpc) is 2.62. The van der Waals surface area contributed by atoms with Crippen LogP contribution in [0.2, 0.25) is 0 Å². The Morgan fingerprint density at radius 2 is 2.12 bits per heavy atom. The fourth-order valence-electron chi connectivity index (χ4n) is 2.64. The minimum Gasteiger partial charge on any atom is -0.384 e. The highest BCUT2D eigenvalue weighted by molar-refractivity contribution is 5.50. The van der Waals surface area contributed by atoms with Gasteiger partial charge in [-0.25, -0.2) is 4.98 Å². The van der Waals surface area contributed by atoms with Crippen LogP contribution in [0.25, 0.3) is 0 Å². The molecule has 1 aromatic rings. The van der Waals surface area contributed by atoms with Crippen molar-refractivity contribution in [1.82, 2.24) is 9.88 Å². The van der Waals surface area contributed by atoms with Crippen molar-refractivity contribution in [2.75, 3.05) is 44.0 Å². The molecule has 3 saturated heterocycles. The number of nitrogens with zero attached hydrogens (tertiary/aromatic N) is 3. The van der Waals surface area contributed by atoms with Gasteiger partial charge in [-0.1, -0.05) is 0 Å². The van der Waals surface area contributed by atoms with E-state index in [1.54, 1.807) is 0 Å². The molecule has 2 N–H and O–H groups in total. The number of rotatable bonds is 1. The second-order valence-electron chi connectivity index (χ2n) is 4.88. The maximum atomic E-state index is 5.70. The molecule has 5 heteroatoms. The van der Waals surface area contributed by atoms with Gasteiger partial charge in [0.2, 0.25) is 0 Å². The molecule has 0 radical (unpaired) electrons. The molecule has 92 valence electrons. The van der Waals surface area contributed by atoms with Crippen LogP contribution in [0.4, 0.5) is 11.5 Å². The molecule has 4 rings (SSSR count). The minimum absolute atomic E-state index is 0.421. The van der Waals surface area contributed by atoms with E-state index in [4.69, 9.17) is 10.5 Å². The predicted molar refractivity (Wildman–Crippen MR) is 67.0 cm³/mol. The lowest BCUT2D eigenvalue weighted by atomic mass is 10.1. The predicted octanol–water partition coefficient (Wildman–Crippen LogP) is 0.183. The lowest BCUT2D eigenvalue weighted by Crippen LogP contribution is -2.56. The molecule has 5 nitrogen and oxygen atoms in total. The Morgan fingerprint density at radius 1 is 1.29 bits per heavy atom. The molecular weight excluding hydrogens is 216 g/mol. The Kier molecular flexibility index (Phi) is 2.64. The topological polar surface area (TPSA) is 54.6 Å². The summed E-state index contributed by atoms with van der Waals surface area (Å²) in [4.78, 5) is 8.95. The largest absolute Gasteiger partial charge is 0.384 e. The van der Waals surface area contributed by atoms with E-state index < -0.39 is 0 Å². The van der Waals surface area contributed by atoms with Crippen LogP contribution in [0.3, 0.4) is 0 Å². The number of nitrogen functional groups attached to an aromatic ring is 1. The Balaban J connectivity index is 1.86. The Labute approximate surface area is 101 Å². The van der Waals surface area contributed by atoms with Crippen LogP contribution in [-0.4, -0.2) is 55.3 Å². The van der Waals surface area contributed by atoms with Crippen molar-refractivity contribution in [2.45, 2.75) is 12.1 Å². The van der Waals surface area contributed by atoms with Gasteiger partial charge in [0.25, 0.3) is 0 Å². The van der Waals surface area contributed by atoms with Crippen LogP contribution in [0.5, 0.6) is 0 Å². The molecular formula is C12H18N4O. The van der Waals surface area contributed by atoms with Crippen molar-refractivity contribution in [3.05, 3.63) is 18.3 Å². The van der Waals surface area contributed by atoms with Gasteiger partial charge < -0.3 is 15.4 Å². The number of aromatic nitrogens is 1. The molecule has 0 spiro atoms. The summed E-state index contributed by atoms with van der Waals surface area (Å²) in [6, 6.07) is 4.80. The van der Waals surface area contributed by atoms with E-state index >= 15 is 0 Å². The lowest BCUT2D eigenvalue weighted by Gasteiger charge is -2.42. The Morgan fingerprint density at radius 3 is 2.88 bits per heavy atom. The van der Waals surface area contributed by atoms with Crippen molar-refractivity contribution in [1.29, 1.82) is 0 Å². The van der Waals surface area contributed by atoms with Gasteiger partial charge in [-0.15, -0.1) is 0 Å². The number of ether oxygens (including phenoxy) is 1. The summed E-state index contributed by atoms with van der Waals surface area (Å²) in [5.41, 5.74) is 6.77. The first kappa shape index (κ1) is 10.8. The maximum Gasteiger partial charge on any atom is 0.123 e. The third-order valence-electron chi connectivity index (χ3n) is 3.69. The average molecular weight is 234 g/mol. The molecule has 0 amide bonds. The van der Waals surface area contributed by atoms with E-state index in [9.17, 15) is 0 Å². The SMILES string of the molecule is CN1CC2COCC1CN2c1ccc(N)nc1. The van der Waals surface area contributed by atoms with Gasteiger partial charge in [-0.05, 0) is 19.2 Å². The summed E-state index contributed by atoms with van der Waals surface area (Å²) in [5, 5.41) is 0. The molecule has 2 unspecified atom stereocenters. The first-order chi connectivity index (χ1) is 8.24. The molecule has 0 aromatic carbocycles. The van der Waals surface area contributed by atoms with E-state index in [1.165, 1.54) is 0 Å². The number of nitrogens with two attached hydrogens (primary N) is 1. The Bertz CT molecular complexity index is 394. The summed E-state index contributed by atoms with van der Waals surface area (Å²) in [6.07, 6.45) is 1.86. The fourth-order valence-corrected chi connectivity index (χ4v) is 2.64. The van der Waals surface area contributed by atoms with E-state index in [-0.39, 0.29) is 0 Å². The Hall–Kier alpha value is -1.33. The number of anilines is 2. The van der Waals surface area contributed by atoms with Gasteiger partial charge in [-0.3, -0.25) is 4.90 Å². The van der Waals surface area contributed by atoms with Crippen molar-refractivity contribution in [2.24, 2.45) is 0 Å². The van der Waals surface area contributed by atoms with Gasteiger partial charge in [0.05, 0.1) is 37.2 Å². The molecule has 1 aromatic heterocycles. The van der Waals surface area contributed by atoms with Gasteiger partial charge in [0, 0.05) is 13.1 Å². The molecule has 0 saturated carbocycles. The first-order valence-electron chi connectivity index (χ1n) is 6.00. The number of fused-ring (bicyclic) bond motifs is 4. The third-order valence-corrected chi connectivity index (χ3v) is 3.69. The second-order valence-corrected chi connectivity index (χ2v) is 4.88. The molecule has 2 atom stereocenters. The minimum atomic E-state index is 0.421. The summed E-state index contributed by atoms with van der Waals surface area (Å²) in [7, 11) is 2.17. The van der Waals surface area contributed by atoms with E-state index in [1.807, 2.05) is 18.3 Å². The van der Waals surface area contributed by atoms with Crippen molar-refractivity contribution >= 4 is 11.5 Å².